The van der Waals surface area contributed by atoms with Crippen molar-refractivity contribution in [3.05, 3.63) is 21.9 Å². The van der Waals surface area contributed by atoms with Crippen LogP contribution < -0.4 is 0 Å². The largest absolute Gasteiger partial charge is 0.392 e. The molecule has 2 fully saturated rings. The van der Waals surface area contributed by atoms with Crippen molar-refractivity contribution in [2.75, 3.05) is 19.7 Å². The molecular weight excluding hydrogens is 286 g/mol. The maximum atomic E-state index is 12.5. The summed E-state index contributed by atoms with van der Waals surface area (Å²) in [6, 6.07) is 0. The number of likely N-dealkylation sites (tertiary alicyclic amines) is 1. The zero-order valence-electron chi connectivity index (χ0n) is 12.7. The molecule has 1 aromatic heterocycles. The zero-order chi connectivity index (χ0) is 15.0. The molecule has 116 valence electrons. The van der Waals surface area contributed by atoms with Gasteiger partial charge in [0.25, 0.3) is 5.91 Å². The molecule has 0 aromatic carbocycles. The molecule has 2 heterocycles. The molecule has 5 heteroatoms. The SMILES string of the molecule is CCO[C@H]1C[C@@H](O)C12CCN(C(=O)c1cscc1C)CC2. The summed E-state index contributed by atoms with van der Waals surface area (Å²) in [4.78, 5) is 14.5. The highest BCUT2D eigenvalue weighted by atomic mass is 32.1. The van der Waals surface area contributed by atoms with E-state index in [1.807, 2.05) is 29.5 Å². The van der Waals surface area contributed by atoms with Gasteiger partial charge in [0.1, 0.15) is 0 Å². The van der Waals surface area contributed by atoms with Gasteiger partial charge in [-0.1, -0.05) is 0 Å². The molecule has 3 rings (SSSR count). The minimum Gasteiger partial charge on any atom is -0.392 e. The number of aliphatic hydroxyl groups excluding tert-OH is 1. The quantitative estimate of drug-likeness (QED) is 0.933. The molecule has 1 aromatic rings. The second-order valence-corrected chi connectivity index (χ2v) is 6.93. The van der Waals surface area contributed by atoms with Crippen LogP contribution in [0.25, 0.3) is 0 Å². The number of rotatable bonds is 3. The Kier molecular flexibility index (Phi) is 4.08. The maximum absolute atomic E-state index is 12.5. The summed E-state index contributed by atoms with van der Waals surface area (Å²) in [5.74, 6) is 0.130. The highest BCUT2D eigenvalue weighted by molar-refractivity contribution is 7.08. The van der Waals surface area contributed by atoms with E-state index in [4.69, 9.17) is 4.74 Å². The molecule has 4 nitrogen and oxygen atoms in total. The molecule has 1 amide bonds. The Morgan fingerprint density at radius 2 is 2.19 bits per heavy atom. The number of piperidine rings is 1. The van der Waals surface area contributed by atoms with E-state index >= 15 is 0 Å². The first-order valence-corrected chi connectivity index (χ1v) is 8.64. The van der Waals surface area contributed by atoms with Gasteiger partial charge in [0.2, 0.25) is 0 Å². The smallest absolute Gasteiger partial charge is 0.254 e. The molecule has 1 saturated heterocycles. The van der Waals surface area contributed by atoms with E-state index in [1.54, 1.807) is 11.3 Å². The van der Waals surface area contributed by atoms with Crippen molar-refractivity contribution in [1.29, 1.82) is 0 Å². The molecule has 1 aliphatic carbocycles. The van der Waals surface area contributed by atoms with Crippen molar-refractivity contribution in [3.8, 4) is 0 Å². The first-order valence-electron chi connectivity index (χ1n) is 7.70. The van der Waals surface area contributed by atoms with Gasteiger partial charge < -0.3 is 14.7 Å². The minimum absolute atomic E-state index is 0.115. The fraction of sp³-hybridized carbons (Fsp3) is 0.688. The highest BCUT2D eigenvalue weighted by Gasteiger charge is 2.56. The molecule has 0 radical (unpaired) electrons. The van der Waals surface area contributed by atoms with Crippen LogP contribution in [0, 0.1) is 12.3 Å². The standard InChI is InChI=1S/C16H23NO3S/c1-3-20-14-8-13(18)16(14)4-6-17(7-5-16)15(19)12-10-21-9-11(12)2/h9-10,13-14,18H,3-8H2,1-2H3/t13-,14+/m1/s1. The summed E-state index contributed by atoms with van der Waals surface area (Å²) in [6.07, 6.45) is 2.32. The maximum Gasteiger partial charge on any atom is 0.254 e. The van der Waals surface area contributed by atoms with E-state index < -0.39 is 0 Å². The average Bonchev–Trinajstić information content (AvgIpc) is 2.92. The minimum atomic E-state index is -0.269. The van der Waals surface area contributed by atoms with Gasteiger partial charge in [0, 0.05) is 36.9 Å². The van der Waals surface area contributed by atoms with Crippen LogP contribution in [-0.2, 0) is 4.74 Å². The third-order valence-corrected chi connectivity index (χ3v) is 6.04. The van der Waals surface area contributed by atoms with Crippen LogP contribution in [0.5, 0.6) is 0 Å². The van der Waals surface area contributed by atoms with Crippen LogP contribution in [0.1, 0.15) is 42.1 Å². The van der Waals surface area contributed by atoms with Crippen molar-refractivity contribution in [3.63, 3.8) is 0 Å². The fourth-order valence-corrected chi connectivity index (χ4v) is 4.51. The number of hydrogen-bond donors (Lipinski definition) is 1. The second-order valence-electron chi connectivity index (χ2n) is 6.19. The molecule has 2 aliphatic rings. The third kappa shape index (κ3) is 2.41. The molecule has 0 bridgehead atoms. The van der Waals surface area contributed by atoms with Crippen molar-refractivity contribution in [2.24, 2.45) is 5.41 Å². The number of amides is 1. The Bertz CT molecular complexity index is 517. The third-order valence-electron chi connectivity index (χ3n) is 5.18. The average molecular weight is 309 g/mol. The van der Waals surface area contributed by atoms with Gasteiger partial charge in [-0.05, 0) is 37.6 Å². The van der Waals surface area contributed by atoms with Gasteiger partial charge in [0.15, 0.2) is 0 Å². The van der Waals surface area contributed by atoms with Crippen molar-refractivity contribution < 1.29 is 14.6 Å². The van der Waals surface area contributed by atoms with E-state index in [9.17, 15) is 9.90 Å². The summed E-state index contributed by atoms with van der Waals surface area (Å²) in [7, 11) is 0. The topological polar surface area (TPSA) is 49.8 Å². The summed E-state index contributed by atoms with van der Waals surface area (Å²) < 4.78 is 5.77. The van der Waals surface area contributed by atoms with E-state index in [-0.39, 0.29) is 23.5 Å². The van der Waals surface area contributed by atoms with Crippen LogP contribution in [0.3, 0.4) is 0 Å². The van der Waals surface area contributed by atoms with Crippen LogP contribution in [0.2, 0.25) is 0 Å². The number of hydrogen-bond acceptors (Lipinski definition) is 4. The summed E-state index contributed by atoms with van der Waals surface area (Å²) in [5.41, 5.74) is 1.77. The number of carbonyl (C=O) groups is 1. The van der Waals surface area contributed by atoms with E-state index in [1.165, 1.54) is 0 Å². The Morgan fingerprint density at radius 1 is 1.48 bits per heavy atom. The number of ether oxygens (including phenoxy) is 1. The lowest BCUT2D eigenvalue weighted by atomic mass is 9.58. The van der Waals surface area contributed by atoms with Gasteiger partial charge in [-0.25, -0.2) is 0 Å². The molecule has 2 atom stereocenters. The number of aliphatic hydroxyl groups is 1. The monoisotopic (exact) mass is 309 g/mol. The van der Waals surface area contributed by atoms with Crippen molar-refractivity contribution in [2.45, 2.75) is 45.3 Å². The van der Waals surface area contributed by atoms with Gasteiger partial charge in [-0.15, -0.1) is 0 Å². The lowest BCUT2D eigenvalue weighted by Crippen LogP contribution is -2.62. The number of carbonyl (C=O) groups excluding carboxylic acids is 1. The van der Waals surface area contributed by atoms with E-state index in [0.717, 1.165) is 43.5 Å². The van der Waals surface area contributed by atoms with Gasteiger partial charge >= 0.3 is 0 Å². The predicted molar refractivity (Wildman–Crippen MR) is 82.7 cm³/mol. The fourth-order valence-electron chi connectivity index (χ4n) is 3.69. The summed E-state index contributed by atoms with van der Waals surface area (Å²) in [6.45, 7) is 6.10. The predicted octanol–water partition coefficient (Wildman–Crippen LogP) is 2.45. The van der Waals surface area contributed by atoms with Crippen LogP contribution >= 0.6 is 11.3 Å². The van der Waals surface area contributed by atoms with Gasteiger partial charge in [-0.3, -0.25) is 4.79 Å². The number of nitrogens with zero attached hydrogens (tertiary/aromatic N) is 1. The van der Waals surface area contributed by atoms with Gasteiger partial charge in [0.05, 0.1) is 17.8 Å². The number of aryl methyl sites for hydroxylation is 1. The van der Waals surface area contributed by atoms with Crippen molar-refractivity contribution >= 4 is 17.2 Å². The highest BCUT2D eigenvalue weighted by Crippen LogP contribution is 2.51. The van der Waals surface area contributed by atoms with Crippen molar-refractivity contribution in [1.82, 2.24) is 4.90 Å². The lowest BCUT2D eigenvalue weighted by molar-refractivity contribution is -0.207. The van der Waals surface area contributed by atoms with Crippen LogP contribution in [-0.4, -0.2) is 47.8 Å². The Labute approximate surface area is 129 Å². The molecule has 0 unspecified atom stereocenters. The molecule has 1 N–H and O–H groups in total. The summed E-state index contributed by atoms with van der Waals surface area (Å²) in [5, 5.41) is 14.1. The van der Waals surface area contributed by atoms with E-state index in [0.29, 0.717) is 6.61 Å². The molecule has 1 saturated carbocycles. The Balaban J connectivity index is 1.65. The normalized spacial score (nSPS) is 27.7. The lowest BCUT2D eigenvalue weighted by Gasteiger charge is -2.56. The molecule has 1 spiro atoms. The van der Waals surface area contributed by atoms with E-state index in [2.05, 4.69) is 0 Å². The second kappa shape index (κ2) is 5.71. The first kappa shape index (κ1) is 15.0. The van der Waals surface area contributed by atoms with Gasteiger partial charge in [-0.2, -0.15) is 11.3 Å². The Hall–Kier alpha value is -0.910. The zero-order valence-corrected chi connectivity index (χ0v) is 13.5. The van der Waals surface area contributed by atoms with Crippen LogP contribution in [0.4, 0.5) is 0 Å². The number of thiophene rings is 1. The van der Waals surface area contributed by atoms with Crippen LogP contribution in [0.15, 0.2) is 10.8 Å². The molecule has 1 aliphatic heterocycles. The summed E-state index contributed by atoms with van der Waals surface area (Å²) >= 11 is 1.57. The molecule has 21 heavy (non-hydrogen) atoms. The first-order chi connectivity index (χ1) is 10.1. The Morgan fingerprint density at radius 3 is 2.71 bits per heavy atom. The molecular formula is C16H23NO3S.